The van der Waals surface area contributed by atoms with Gasteiger partial charge < -0.3 is 19.5 Å². The lowest BCUT2D eigenvalue weighted by Gasteiger charge is -2.39. The summed E-state index contributed by atoms with van der Waals surface area (Å²) in [4.78, 5) is 44.5. The van der Waals surface area contributed by atoms with Crippen molar-refractivity contribution in [2.45, 2.75) is 65.3 Å². The molecule has 2 rings (SSSR count). The summed E-state index contributed by atoms with van der Waals surface area (Å²) in [5, 5.41) is 2.95. The van der Waals surface area contributed by atoms with Crippen LogP contribution < -0.4 is 5.32 Å². The van der Waals surface area contributed by atoms with Crippen LogP contribution in [0.1, 0.15) is 48.5 Å². The largest absolute Gasteiger partial charge is 0.466 e. The van der Waals surface area contributed by atoms with Gasteiger partial charge in [-0.05, 0) is 66.2 Å². The number of ether oxygens (including phenoxy) is 3. The Balaban J connectivity index is 2.64. The molecule has 9 nitrogen and oxygen atoms in total. The van der Waals surface area contributed by atoms with Gasteiger partial charge in [-0.25, -0.2) is 19.4 Å². The summed E-state index contributed by atoms with van der Waals surface area (Å²) < 4.78 is 15.9. The second-order valence-corrected chi connectivity index (χ2v) is 9.75. The number of methoxy groups -OCH3 is 1. The number of benzene rings is 1. The van der Waals surface area contributed by atoms with Gasteiger partial charge in [0.05, 0.1) is 7.11 Å². The van der Waals surface area contributed by atoms with E-state index in [1.54, 1.807) is 53.7 Å². The highest BCUT2D eigenvalue weighted by atomic mass is 16.6. The Morgan fingerprint density at radius 1 is 0.824 bits per heavy atom. The lowest BCUT2D eigenvalue weighted by Crippen LogP contribution is -2.64. The van der Waals surface area contributed by atoms with Crippen molar-refractivity contribution in [1.82, 2.24) is 9.88 Å². The molecule has 2 aromatic rings. The molecule has 0 aliphatic carbocycles. The summed E-state index contributed by atoms with van der Waals surface area (Å²) in [6.45, 7) is 11.2. The molecule has 1 unspecified atom stereocenters. The van der Waals surface area contributed by atoms with Gasteiger partial charge in [0, 0.05) is 11.8 Å². The van der Waals surface area contributed by atoms with Crippen LogP contribution >= 0.6 is 0 Å². The van der Waals surface area contributed by atoms with E-state index < -0.39 is 35.0 Å². The highest BCUT2D eigenvalue weighted by molar-refractivity contribution is 5.98. The van der Waals surface area contributed by atoms with Gasteiger partial charge in [-0.2, -0.15) is 4.90 Å². The molecule has 1 atom stereocenters. The predicted octanol–water partition coefficient (Wildman–Crippen LogP) is 5.22. The van der Waals surface area contributed by atoms with Crippen molar-refractivity contribution < 1.29 is 28.6 Å². The topological polar surface area (TPSA) is 107 Å². The lowest BCUT2D eigenvalue weighted by molar-refractivity contribution is -0.151. The molecular weight excluding hydrogens is 438 g/mol. The van der Waals surface area contributed by atoms with Crippen LogP contribution in [-0.2, 0) is 19.0 Å². The molecule has 1 aromatic heterocycles. The van der Waals surface area contributed by atoms with E-state index in [0.717, 1.165) is 12.7 Å². The first-order valence-corrected chi connectivity index (χ1v) is 10.8. The third-order valence-corrected chi connectivity index (χ3v) is 4.44. The number of pyridine rings is 1. The maximum atomic E-state index is 13.2. The minimum Gasteiger partial charge on any atom is -0.466 e. The number of amides is 2. The zero-order valence-electron chi connectivity index (χ0n) is 21.0. The van der Waals surface area contributed by atoms with Gasteiger partial charge in [-0.1, -0.05) is 30.3 Å². The van der Waals surface area contributed by atoms with E-state index in [1.165, 1.54) is 13.1 Å². The van der Waals surface area contributed by atoms with E-state index in [9.17, 15) is 14.4 Å². The predicted molar refractivity (Wildman–Crippen MR) is 128 cm³/mol. The summed E-state index contributed by atoms with van der Waals surface area (Å²) in [6.07, 6.45) is -0.642. The van der Waals surface area contributed by atoms with Crippen molar-refractivity contribution in [2.75, 3.05) is 12.4 Å². The number of nitrogens with one attached hydrogen (secondary N) is 1. The molecule has 1 heterocycles. The molecule has 1 N–H and O–H groups in total. The van der Waals surface area contributed by atoms with Crippen molar-refractivity contribution in [1.29, 1.82) is 0 Å². The molecule has 0 saturated heterocycles. The van der Waals surface area contributed by atoms with E-state index in [2.05, 4.69) is 10.3 Å². The third kappa shape index (κ3) is 6.69. The number of hydrogen-bond acceptors (Lipinski definition) is 8. The molecule has 34 heavy (non-hydrogen) atoms. The van der Waals surface area contributed by atoms with Gasteiger partial charge in [-0.15, -0.1) is 0 Å². The molecule has 0 radical (unpaired) electrons. The van der Waals surface area contributed by atoms with Crippen molar-refractivity contribution in [3.05, 3.63) is 48.7 Å². The molecule has 0 aliphatic rings. The van der Waals surface area contributed by atoms with Gasteiger partial charge in [0.15, 0.2) is 0 Å². The van der Waals surface area contributed by atoms with Gasteiger partial charge >= 0.3 is 18.2 Å². The summed E-state index contributed by atoms with van der Waals surface area (Å²) >= 11 is 0. The first kappa shape index (κ1) is 26.6. The monoisotopic (exact) mass is 471 g/mol. The quantitative estimate of drug-likeness (QED) is 0.359. The molecule has 1 aromatic carbocycles. The molecule has 2 amide bonds. The van der Waals surface area contributed by atoms with Crippen molar-refractivity contribution in [2.24, 2.45) is 0 Å². The van der Waals surface area contributed by atoms with Crippen LogP contribution in [0, 0.1) is 0 Å². The Labute approximate surface area is 200 Å². The van der Waals surface area contributed by atoms with Crippen LogP contribution in [0.15, 0.2) is 48.7 Å². The Morgan fingerprint density at radius 3 is 1.82 bits per heavy atom. The summed E-state index contributed by atoms with van der Waals surface area (Å²) in [7, 11) is 1.15. The van der Waals surface area contributed by atoms with Gasteiger partial charge in [0.1, 0.15) is 17.0 Å². The smallest absolute Gasteiger partial charge is 0.422 e. The number of rotatable bonds is 5. The minimum absolute atomic E-state index is 0.249. The number of imide groups is 1. The van der Waals surface area contributed by atoms with Crippen LogP contribution in [0.25, 0.3) is 11.1 Å². The normalized spacial score (nSPS) is 13.3. The van der Waals surface area contributed by atoms with Crippen LogP contribution in [-0.4, -0.2) is 52.0 Å². The Kier molecular flexibility index (Phi) is 7.92. The average Bonchev–Trinajstić information content (AvgIpc) is 2.71. The first-order chi connectivity index (χ1) is 15.7. The van der Waals surface area contributed by atoms with Crippen molar-refractivity contribution >= 4 is 24.0 Å². The summed E-state index contributed by atoms with van der Waals surface area (Å²) in [6, 6.07) is 12.9. The van der Waals surface area contributed by atoms with Crippen LogP contribution in [0.4, 0.5) is 15.4 Å². The van der Waals surface area contributed by atoms with Crippen LogP contribution in [0.3, 0.4) is 0 Å². The number of carbonyl (C=O) groups excluding carboxylic acids is 3. The van der Waals surface area contributed by atoms with E-state index in [-0.39, 0.29) is 5.82 Å². The van der Waals surface area contributed by atoms with Crippen molar-refractivity contribution in [3.63, 3.8) is 0 Å². The maximum Gasteiger partial charge on any atom is 0.422 e. The molecule has 0 saturated carbocycles. The molecule has 0 aliphatic heterocycles. The second kappa shape index (κ2) is 10.1. The lowest BCUT2D eigenvalue weighted by atomic mass is 10.1. The zero-order valence-corrected chi connectivity index (χ0v) is 21.0. The highest BCUT2D eigenvalue weighted by Gasteiger charge is 2.51. The minimum atomic E-state index is -2.06. The molecule has 0 fully saturated rings. The Bertz CT molecular complexity index is 999. The number of nitrogens with zero attached hydrogens (tertiary/aromatic N) is 2. The number of esters is 1. The highest BCUT2D eigenvalue weighted by Crippen LogP contribution is 2.31. The van der Waals surface area contributed by atoms with Gasteiger partial charge in [0.25, 0.3) is 0 Å². The van der Waals surface area contributed by atoms with Crippen LogP contribution in [0.5, 0.6) is 0 Å². The fourth-order valence-electron chi connectivity index (χ4n) is 3.04. The Morgan fingerprint density at radius 2 is 1.35 bits per heavy atom. The van der Waals surface area contributed by atoms with Gasteiger partial charge in [-0.3, -0.25) is 0 Å². The fourth-order valence-corrected chi connectivity index (χ4v) is 3.04. The Hall–Kier alpha value is -3.62. The SMILES string of the molecule is COC(=O)C(C)(Nc1ncccc1-c1ccccc1)N(C(=O)OC(C)(C)C)C(=O)OC(C)(C)C. The first-order valence-electron chi connectivity index (χ1n) is 10.8. The number of hydrogen-bond donors (Lipinski definition) is 1. The van der Waals surface area contributed by atoms with E-state index in [0.29, 0.717) is 10.5 Å². The summed E-state index contributed by atoms with van der Waals surface area (Å²) in [5.74, 6) is -0.674. The number of aromatic nitrogens is 1. The van der Waals surface area contributed by atoms with E-state index in [1.807, 2.05) is 30.3 Å². The maximum absolute atomic E-state index is 13.2. The van der Waals surface area contributed by atoms with E-state index >= 15 is 0 Å². The van der Waals surface area contributed by atoms with Crippen LogP contribution in [0.2, 0.25) is 0 Å². The summed E-state index contributed by atoms with van der Waals surface area (Å²) in [5.41, 5.74) is -2.50. The third-order valence-electron chi connectivity index (χ3n) is 4.44. The molecule has 9 heteroatoms. The fraction of sp³-hybridized carbons (Fsp3) is 0.440. The number of anilines is 1. The molecule has 184 valence electrons. The van der Waals surface area contributed by atoms with E-state index in [4.69, 9.17) is 14.2 Å². The molecular formula is C25H33N3O6. The second-order valence-electron chi connectivity index (χ2n) is 9.75. The standard InChI is InChI=1S/C25H33N3O6/c1-23(2,3)33-21(30)28(22(31)34-24(4,5)6)25(7,20(29)32-8)27-19-18(15-12-16-26-19)17-13-10-9-11-14-17/h9-16H,1-8H3,(H,26,27). The average molecular weight is 472 g/mol. The van der Waals surface area contributed by atoms with Gasteiger partial charge in [0.2, 0.25) is 5.66 Å². The molecule has 0 bridgehead atoms. The van der Waals surface area contributed by atoms with Crippen molar-refractivity contribution in [3.8, 4) is 11.1 Å². The molecule has 0 spiro atoms. The zero-order chi connectivity index (χ0) is 25.7. The number of carbonyl (C=O) groups is 3.